The zero-order chi connectivity index (χ0) is 39.1. The highest BCUT2D eigenvalue weighted by molar-refractivity contribution is 7.99. The van der Waals surface area contributed by atoms with Crippen LogP contribution in [0.5, 0.6) is 11.5 Å². The molecule has 0 saturated carbocycles. The van der Waals surface area contributed by atoms with Crippen LogP contribution in [0.3, 0.4) is 0 Å². The Hall–Kier alpha value is -5.27. The van der Waals surface area contributed by atoms with Crippen LogP contribution in [0.15, 0.2) is 84.0 Å². The van der Waals surface area contributed by atoms with Crippen LogP contribution in [-0.2, 0) is 16.1 Å². The molecule has 0 bridgehead atoms. The molecule has 0 radical (unpaired) electrons. The number of nitrogens with zero attached hydrogens (tertiary/aromatic N) is 6. The number of nitrogens with one attached hydrogen (secondary N) is 1. The van der Waals surface area contributed by atoms with Crippen LogP contribution in [0.2, 0.25) is 0 Å². The van der Waals surface area contributed by atoms with E-state index in [4.69, 9.17) is 15.6 Å². The number of carbonyl (C=O) groups is 3. The highest BCUT2D eigenvalue weighted by Crippen LogP contribution is 2.36. The van der Waals surface area contributed by atoms with E-state index in [0.717, 1.165) is 88.9 Å². The SMILES string of the molecule is Nc1ncnc2c1c(-c1ccc(Oc3ccccc3)cc1)nn2[C@@H]1CCCN(CCCCCCCCCSc2cccc3c2CN(C2CCC(=O)NC2=O)C3=O)C1. The van der Waals surface area contributed by atoms with Gasteiger partial charge in [0, 0.05) is 35.5 Å². The molecule has 3 aliphatic rings. The number of likely N-dealkylation sites (tertiary alicyclic amines) is 1. The lowest BCUT2D eigenvalue weighted by Crippen LogP contribution is -2.52. The molecule has 296 valence electrons. The predicted molar refractivity (Wildman–Crippen MR) is 222 cm³/mol. The highest BCUT2D eigenvalue weighted by atomic mass is 32.2. The Morgan fingerprint density at radius 3 is 2.42 bits per heavy atom. The molecule has 12 nitrogen and oxygen atoms in total. The van der Waals surface area contributed by atoms with Crippen molar-refractivity contribution in [1.82, 2.24) is 34.9 Å². The van der Waals surface area contributed by atoms with Gasteiger partial charge in [-0.1, -0.05) is 56.4 Å². The number of para-hydroxylation sites is 1. The number of benzene rings is 3. The fraction of sp³-hybridized carbons (Fsp3) is 0.409. The van der Waals surface area contributed by atoms with E-state index < -0.39 is 6.04 Å². The number of imide groups is 1. The third kappa shape index (κ3) is 8.84. The van der Waals surface area contributed by atoms with Gasteiger partial charge in [0.15, 0.2) is 5.65 Å². The van der Waals surface area contributed by atoms with Crippen LogP contribution in [0.1, 0.15) is 92.6 Å². The minimum Gasteiger partial charge on any atom is -0.457 e. The Morgan fingerprint density at radius 1 is 0.842 bits per heavy atom. The summed E-state index contributed by atoms with van der Waals surface area (Å²) in [4.78, 5) is 51.5. The predicted octanol–water partition coefficient (Wildman–Crippen LogP) is 7.79. The quantitative estimate of drug-likeness (QED) is 0.0577. The number of carbonyl (C=O) groups excluding carboxylic acids is 3. The topological polar surface area (TPSA) is 149 Å². The normalized spacial score (nSPS) is 18.6. The summed E-state index contributed by atoms with van der Waals surface area (Å²) in [7, 11) is 0. The number of anilines is 1. The van der Waals surface area contributed by atoms with Gasteiger partial charge in [0.05, 0.1) is 11.4 Å². The van der Waals surface area contributed by atoms with Gasteiger partial charge < -0.3 is 20.3 Å². The van der Waals surface area contributed by atoms with Crippen LogP contribution in [0.4, 0.5) is 5.82 Å². The minimum atomic E-state index is -0.582. The fourth-order valence-electron chi connectivity index (χ4n) is 8.39. The Bertz CT molecular complexity index is 2210. The zero-order valence-electron chi connectivity index (χ0n) is 32.3. The molecule has 8 rings (SSSR count). The molecule has 57 heavy (non-hydrogen) atoms. The molecular weight excluding hydrogens is 737 g/mol. The number of piperidine rings is 2. The van der Waals surface area contributed by atoms with E-state index in [-0.39, 0.29) is 30.2 Å². The zero-order valence-corrected chi connectivity index (χ0v) is 33.1. The van der Waals surface area contributed by atoms with Crippen molar-refractivity contribution in [3.05, 3.63) is 90.3 Å². The maximum Gasteiger partial charge on any atom is 0.255 e. The summed E-state index contributed by atoms with van der Waals surface area (Å²) in [6.07, 6.45) is 12.8. The standard InChI is InChI=1S/C44H50N8O4S/c45-41-39-40(30-18-20-33(21-19-30)56-32-14-7-6-8-15-32)49-52(42(39)47-29-46-41)31-13-12-25-50(27-31)24-9-4-2-1-3-5-10-26-57-37-17-11-16-34-35(37)28-51(44(34)55)36-22-23-38(53)48-43(36)54/h6-8,11,14-21,29,31,36H,1-5,9-10,12-13,22-28H2,(H2,45,46,47)(H,48,53,54)/t31-,36?/m1/s1. The molecule has 0 spiro atoms. The van der Waals surface area contributed by atoms with Crippen molar-refractivity contribution in [2.75, 3.05) is 31.1 Å². The summed E-state index contributed by atoms with van der Waals surface area (Å²) in [6.45, 7) is 3.56. The van der Waals surface area contributed by atoms with E-state index in [1.807, 2.05) is 66.7 Å². The fourth-order valence-corrected chi connectivity index (χ4v) is 9.48. The van der Waals surface area contributed by atoms with Crippen molar-refractivity contribution in [2.45, 2.75) is 94.2 Å². The van der Waals surface area contributed by atoms with Gasteiger partial charge in [-0.2, -0.15) is 5.10 Å². The summed E-state index contributed by atoms with van der Waals surface area (Å²) < 4.78 is 8.10. The van der Waals surface area contributed by atoms with Crippen LogP contribution in [0.25, 0.3) is 22.3 Å². The summed E-state index contributed by atoms with van der Waals surface area (Å²) in [6, 6.07) is 23.2. The number of rotatable bonds is 16. The molecule has 5 aromatic rings. The average molecular weight is 787 g/mol. The van der Waals surface area contributed by atoms with Gasteiger partial charge >= 0.3 is 0 Å². The maximum absolute atomic E-state index is 13.1. The molecule has 1 unspecified atom stereocenters. The molecule has 2 atom stereocenters. The molecule has 13 heteroatoms. The molecule has 2 aromatic heterocycles. The van der Waals surface area contributed by atoms with E-state index in [0.29, 0.717) is 24.3 Å². The number of ether oxygens (including phenoxy) is 1. The lowest BCUT2D eigenvalue weighted by Gasteiger charge is -2.33. The number of amides is 3. The number of aromatic nitrogens is 4. The number of nitrogen functional groups attached to an aromatic ring is 1. The van der Waals surface area contributed by atoms with Crippen molar-refractivity contribution in [1.29, 1.82) is 0 Å². The molecule has 3 aliphatic heterocycles. The molecule has 0 aliphatic carbocycles. The van der Waals surface area contributed by atoms with Gasteiger partial charge in [0.2, 0.25) is 11.8 Å². The summed E-state index contributed by atoms with van der Waals surface area (Å²) in [5.74, 6) is 2.24. The molecule has 5 heterocycles. The third-order valence-corrected chi connectivity index (χ3v) is 12.6. The summed E-state index contributed by atoms with van der Waals surface area (Å²) in [5.41, 5.74) is 10.7. The molecule has 3 N–H and O–H groups in total. The van der Waals surface area contributed by atoms with Crippen LogP contribution >= 0.6 is 11.8 Å². The first-order valence-electron chi connectivity index (χ1n) is 20.4. The molecule has 3 amide bonds. The Balaban J connectivity index is 0.761. The van der Waals surface area contributed by atoms with Crippen molar-refractivity contribution in [2.24, 2.45) is 0 Å². The number of fused-ring (bicyclic) bond motifs is 2. The number of unbranched alkanes of at least 4 members (excludes halogenated alkanes) is 6. The second kappa shape index (κ2) is 17.9. The van der Waals surface area contributed by atoms with Gasteiger partial charge in [-0.3, -0.25) is 19.7 Å². The first-order chi connectivity index (χ1) is 27.9. The second-order valence-corrected chi connectivity index (χ2v) is 16.4. The Labute approximate surface area is 337 Å². The number of hydrogen-bond acceptors (Lipinski definition) is 10. The maximum atomic E-state index is 13.1. The van der Waals surface area contributed by atoms with Crippen LogP contribution in [0, 0.1) is 0 Å². The largest absolute Gasteiger partial charge is 0.457 e. The van der Waals surface area contributed by atoms with E-state index in [9.17, 15) is 14.4 Å². The van der Waals surface area contributed by atoms with E-state index in [1.165, 1.54) is 44.9 Å². The van der Waals surface area contributed by atoms with Gasteiger partial charge in [-0.15, -0.1) is 11.8 Å². The van der Waals surface area contributed by atoms with E-state index >= 15 is 0 Å². The average Bonchev–Trinajstić information content (AvgIpc) is 3.79. The lowest BCUT2D eigenvalue weighted by atomic mass is 10.0. The van der Waals surface area contributed by atoms with Gasteiger partial charge in [0.25, 0.3) is 5.91 Å². The summed E-state index contributed by atoms with van der Waals surface area (Å²) in [5, 5.41) is 8.31. The third-order valence-electron chi connectivity index (χ3n) is 11.4. The van der Waals surface area contributed by atoms with E-state index in [1.54, 1.807) is 16.7 Å². The van der Waals surface area contributed by atoms with Crippen LogP contribution < -0.4 is 15.8 Å². The first-order valence-corrected chi connectivity index (χ1v) is 21.4. The van der Waals surface area contributed by atoms with E-state index in [2.05, 4.69) is 30.9 Å². The smallest absolute Gasteiger partial charge is 0.255 e. The van der Waals surface area contributed by atoms with Crippen molar-refractivity contribution in [3.8, 4) is 22.8 Å². The molecular formula is C44H50N8O4S. The summed E-state index contributed by atoms with van der Waals surface area (Å²) >= 11 is 1.80. The first kappa shape index (κ1) is 38.6. The van der Waals surface area contributed by atoms with Crippen molar-refractivity contribution < 1.29 is 19.1 Å². The van der Waals surface area contributed by atoms with Crippen LogP contribution in [-0.4, -0.2) is 78.7 Å². The molecule has 3 aromatic carbocycles. The van der Waals surface area contributed by atoms with Crippen molar-refractivity contribution >= 4 is 46.3 Å². The lowest BCUT2D eigenvalue weighted by molar-refractivity contribution is -0.136. The van der Waals surface area contributed by atoms with Gasteiger partial charge in [-0.25, -0.2) is 14.6 Å². The second-order valence-electron chi connectivity index (χ2n) is 15.3. The molecule has 2 fully saturated rings. The minimum absolute atomic E-state index is 0.114. The molecule has 2 saturated heterocycles. The van der Waals surface area contributed by atoms with Crippen molar-refractivity contribution in [3.63, 3.8) is 0 Å². The van der Waals surface area contributed by atoms with Gasteiger partial charge in [-0.05, 0) is 105 Å². The number of hydrogen-bond donors (Lipinski definition) is 2. The van der Waals surface area contributed by atoms with Gasteiger partial charge in [0.1, 0.15) is 35.4 Å². The highest BCUT2D eigenvalue weighted by Gasteiger charge is 2.39. The number of thioether (sulfide) groups is 1. The Morgan fingerprint density at radius 2 is 1.61 bits per heavy atom. The number of nitrogens with two attached hydrogens (primary N) is 1. The monoisotopic (exact) mass is 786 g/mol. The Kier molecular flexibility index (Phi) is 12.1.